The Hall–Kier alpha value is -1.14. The quantitative estimate of drug-likeness (QED) is 0.156. The lowest BCUT2D eigenvalue weighted by Crippen LogP contribution is -2.74. The van der Waals surface area contributed by atoms with Gasteiger partial charge in [0.2, 0.25) is 5.28 Å². The number of phosphoric ester groups is 2. The Morgan fingerprint density at radius 1 is 0.837 bits per heavy atom. The van der Waals surface area contributed by atoms with E-state index in [1.165, 1.54) is 6.33 Å². The van der Waals surface area contributed by atoms with Gasteiger partial charge in [-0.3, -0.25) is 9.05 Å². The lowest BCUT2D eigenvalue weighted by molar-refractivity contribution is -0.280. The van der Waals surface area contributed by atoms with Crippen molar-refractivity contribution in [2.45, 2.75) is 107 Å². The Morgan fingerprint density at radius 2 is 1.23 bits per heavy atom. The number of phosphoric acid groups is 2. The summed E-state index contributed by atoms with van der Waals surface area (Å²) < 4.78 is 40.1. The second kappa shape index (κ2) is 10.4. The highest BCUT2D eigenvalue weighted by Gasteiger charge is 2.87. The minimum absolute atomic E-state index is 0.0569. The summed E-state index contributed by atoms with van der Waals surface area (Å²) in [5.74, 6) is 0.369. The van der Waals surface area contributed by atoms with Gasteiger partial charge in [0.15, 0.2) is 17.0 Å². The van der Waals surface area contributed by atoms with E-state index in [2.05, 4.69) is 20.3 Å². The predicted octanol–water partition coefficient (Wildman–Crippen LogP) is 6.33. The summed E-state index contributed by atoms with van der Waals surface area (Å²) >= 11 is 6.31. The molecule has 0 saturated heterocycles. The molecule has 0 bridgehead atoms. The first-order valence-corrected chi connectivity index (χ1v) is 17.5. The molecular weight excluding hydrogens is 620 g/mol. The van der Waals surface area contributed by atoms with Crippen LogP contribution in [-0.2, 0) is 18.2 Å². The normalized spacial score (nSPS) is 19.2. The zero-order chi connectivity index (χ0) is 33.6. The summed E-state index contributed by atoms with van der Waals surface area (Å²) in [6, 6.07) is -0.733. The van der Waals surface area contributed by atoms with E-state index in [0.29, 0.717) is 17.0 Å². The molecule has 0 aromatic carbocycles. The molecule has 43 heavy (non-hydrogen) atoms. The number of nitrogens with one attached hydrogen (secondary N) is 1. The number of anilines is 1. The second-order valence-corrected chi connectivity index (χ2v) is 18.3. The van der Waals surface area contributed by atoms with Crippen molar-refractivity contribution < 1.29 is 37.8 Å². The lowest BCUT2D eigenvalue weighted by Gasteiger charge is -2.67. The highest BCUT2D eigenvalue weighted by atomic mass is 35.5. The first kappa shape index (κ1) is 36.3. The van der Waals surface area contributed by atoms with Crippen LogP contribution in [-0.4, -0.2) is 57.3 Å². The first-order chi connectivity index (χ1) is 18.9. The minimum Gasteiger partial charge on any atom is -0.371 e. The summed E-state index contributed by atoms with van der Waals surface area (Å²) in [7, 11) is -8.87. The van der Waals surface area contributed by atoms with Crippen molar-refractivity contribution in [3.8, 4) is 0 Å². The van der Waals surface area contributed by atoms with Crippen LogP contribution in [0.5, 0.6) is 0 Å². The van der Waals surface area contributed by atoms with Crippen LogP contribution in [0.4, 0.5) is 5.82 Å². The van der Waals surface area contributed by atoms with Crippen molar-refractivity contribution in [3.63, 3.8) is 0 Å². The van der Waals surface area contributed by atoms with Gasteiger partial charge in [-0.2, -0.15) is 9.97 Å². The molecule has 1 unspecified atom stereocenters. The fourth-order valence-electron chi connectivity index (χ4n) is 8.87. The maximum Gasteiger partial charge on any atom is 0.470 e. The predicted molar refractivity (Wildman–Crippen MR) is 166 cm³/mol. The molecule has 1 saturated carbocycles. The Kier molecular flexibility index (Phi) is 8.82. The van der Waals surface area contributed by atoms with Crippen LogP contribution in [0.3, 0.4) is 0 Å². The second-order valence-electron chi connectivity index (χ2n) is 15.6. The fourth-order valence-corrected chi connectivity index (χ4v) is 11.2. The number of nitrogens with zero attached hydrogens (tertiary/aromatic N) is 4. The molecular formula is C27H48ClN5O8P2. The van der Waals surface area contributed by atoms with Crippen molar-refractivity contribution in [1.82, 2.24) is 19.5 Å². The van der Waals surface area contributed by atoms with Gasteiger partial charge < -0.3 is 29.5 Å². The van der Waals surface area contributed by atoms with E-state index in [4.69, 9.17) is 20.6 Å². The number of fused-ring (bicyclic) bond motifs is 1. The van der Waals surface area contributed by atoms with Gasteiger partial charge in [0.1, 0.15) is 11.2 Å². The zero-order valence-corrected chi connectivity index (χ0v) is 29.9. The van der Waals surface area contributed by atoms with E-state index in [1.54, 1.807) is 11.6 Å². The summed E-state index contributed by atoms with van der Waals surface area (Å²) in [5.41, 5.74) is -8.62. The Balaban J connectivity index is 2.71. The number of halogens is 1. The Labute approximate surface area is 259 Å². The Bertz CT molecular complexity index is 1390. The smallest absolute Gasteiger partial charge is 0.371 e. The number of hydrogen-bond donors (Lipinski definition) is 5. The third-order valence-corrected chi connectivity index (χ3v) is 10.1. The van der Waals surface area contributed by atoms with E-state index in [-0.39, 0.29) is 11.7 Å². The van der Waals surface area contributed by atoms with Crippen molar-refractivity contribution in [3.05, 3.63) is 11.6 Å². The van der Waals surface area contributed by atoms with Crippen LogP contribution in [0.1, 0.15) is 95.5 Å². The van der Waals surface area contributed by atoms with Crippen molar-refractivity contribution in [2.24, 2.45) is 27.1 Å². The first-order valence-electron chi connectivity index (χ1n) is 14.0. The van der Waals surface area contributed by atoms with Crippen LogP contribution in [0, 0.1) is 27.1 Å². The van der Waals surface area contributed by atoms with E-state index in [1.807, 2.05) is 83.1 Å². The monoisotopic (exact) mass is 667 g/mol. The van der Waals surface area contributed by atoms with E-state index in [0.717, 1.165) is 0 Å². The van der Waals surface area contributed by atoms with Crippen LogP contribution in [0.2, 0.25) is 5.28 Å². The van der Waals surface area contributed by atoms with Gasteiger partial charge in [-0.25, -0.2) is 14.1 Å². The highest BCUT2D eigenvalue weighted by Crippen LogP contribution is 2.84. The van der Waals surface area contributed by atoms with Gasteiger partial charge in [-0.05, 0) is 39.7 Å². The van der Waals surface area contributed by atoms with Crippen LogP contribution in [0.15, 0.2) is 6.33 Å². The summed E-state index contributed by atoms with van der Waals surface area (Å²) in [6.07, 6.45) is 1.67. The SMILES string of the molecule is CNc1nc(Cl)nc2c1ncn2C1CC1(C(OP(=O)(O)O)(C(C)(C)C)C(C)(C)C)C(OP(=O)(O)O)(C(C)(C)C)C(C)(C)C. The summed E-state index contributed by atoms with van der Waals surface area (Å²) in [5, 5.41) is 2.90. The molecule has 0 aliphatic heterocycles. The van der Waals surface area contributed by atoms with Gasteiger partial charge in [-0.15, -0.1) is 0 Å². The molecule has 1 atom stereocenters. The molecule has 13 nitrogen and oxygen atoms in total. The molecule has 1 fully saturated rings. The average molecular weight is 668 g/mol. The molecule has 2 aromatic rings. The highest BCUT2D eigenvalue weighted by molar-refractivity contribution is 7.46. The van der Waals surface area contributed by atoms with Crippen molar-refractivity contribution in [1.29, 1.82) is 0 Å². The molecule has 246 valence electrons. The van der Waals surface area contributed by atoms with Gasteiger partial charge in [0, 0.05) is 13.1 Å². The van der Waals surface area contributed by atoms with Gasteiger partial charge >= 0.3 is 15.6 Å². The average Bonchev–Trinajstić information content (AvgIpc) is 3.34. The minimum atomic E-state index is -5.27. The molecule has 1 aliphatic carbocycles. The van der Waals surface area contributed by atoms with Gasteiger partial charge in [0.25, 0.3) is 0 Å². The summed E-state index contributed by atoms with van der Waals surface area (Å²) in [4.78, 5) is 55.6. The molecule has 2 aromatic heterocycles. The molecule has 2 heterocycles. The number of hydrogen-bond acceptors (Lipinski definition) is 8. The largest absolute Gasteiger partial charge is 0.470 e. The standard InChI is InChI=1S/C27H48ClN5O8P2/c1-21(2,3)26(22(4,5)6,40-42(34,35)36)25(27(23(7,8)9,24(10,11)12)41-43(37,38)39)14-16(25)33-15-30-17-18(29-13)31-20(28)32-19(17)33/h15-16H,14H2,1-13H3,(H,29,31,32)(H2,34,35,36)(H2,37,38,39). The molecule has 16 heteroatoms. The molecule has 0 radical (unpaired) electrons. The van der Waals surface area contributed by atoms with E-state index in [9.17, 15) is 28.7 Å². The third-order valence-electron chi connectivity index (χ3n) is 8.88. The zero-order valence-electron chi connectivity index (χ0n) is 27.3. The summed E-state index contributed by atoms with van der Waals surface area (Å²) in [6.45, 7) is 21.7. The molecule has 0 amide bonds. The lowest BCUT2D eigenvalue weighted by atomic mass is 9.44. The van der Waals surface area contributed by atoms with Crippen LogP contribution in [0.25, 0.3) is 11.2 Å². The fraction of sp³-hybridized carbons (Fsp3) is 0.815. The number of rotatable bonds is 8. The molecule has 1 aliphatic rings. The van der Waals surface area contributed by atoms with Gasteiger partial charge in [0.05, 0.1) is 11.7 Å². The Morgan fingerprint density at radius 3 is 1.56 bits per heavy atom. The third kappa shape index (κ3) is 5.61. The van der Waals surface area contributed by atoms with Crippen molar-refractivity contribution >= 4 is 44.2 Å². The topological polar surface area (TPSA) is 189 Å². The van der Waals surface area contributed by atoms with Crippen molar-refractivity contribution in [2.75, 3.05) is 12.4 Å². The van der Waals surface area contributed by atoms with E-state index < -0.39 is 60.0 Å². The van der Waals surface area contributed by atoms with Crippen LogP contribution < -0.4 is 5.32 Å². The molecule has 0 spiro atoms. The van der Waals surface area contributed by atoms with E-state index >= 15 is 0 Å². The number of imidazole rings is 1. The maximum atomic E-state index is 13.1. The maximum absolute atomic E-state index is 13.1. The van der Waals surface area contributed by atoms with Gasteiger partial charge in [-0.1, -0.05) is 83.1 Å². The van der Waals surface area contributed by atoms with Crippen LogP contribution >= 0.6 is 27.2 Å². The number of aromatic nitrogens is 4. The molecule has 3 rings (SSSR count). The molecule has 5 N–H and O–H groups in total.